The van der Waals surface area contributed by atoms with Crippen LogP contribution >= 0.6 is 11.3 Å². The van der Waals surface area contributed by atoms with E-state index in [2.05, 4.69) is 11.2 Å². The van der Waals surface area contributed by atoms with E-state index in [1.54, 1.807) is 15.9 Å². The van der Waals surface area contributed by atoms with E-state index in [1.807, 2.05) is 61.1 Å². The van der Waals surface area contributed by atoms with Crippen molar-refractivity contribution in [3.05, 3.63) is 60.2 Å². The quantitative estimate of drug-likeness (QED) is 0.593. The van der Waals surface area contributed by atoms with Gasteiger partial charge in [0.15, 0.2) is 5.65 Å². The molecule has 0 amide bonds. The number of aliphatic hydroxyl groups is 1. The normalized spacial score (nSPS) is 12.4. The first kappa shape index (κ1) is 15.8. The molecular formula is C19H17N3O2S. The van der Waals surface area contributed by atoms with Crippen molar-refractivity contribution in [3.63, 3.8) is 0 Å². The maximum atomic E-state index is 9.15. The molecule has 0 aliphatic rings. The van der Waals surface area contributed by atoms with Gasteiger partial charge in [-0.1, -0.05) is 18.2 Å². The highest BCUT2D eigenvalue weighted by atomic mass is 32.1. The number of rotatable bonds is 5. The molecule has 0 fully saturated rings. The Bertz CT molecular complexity index is 995. The van der Waals surface area contributed by atoms with Crippen LogP contribution in [0.1, 0.15) is 6.92 Å². The summed E-state index contributed by atoms with van der Waals surface area (Å²) in [5, 5.41) is 15.6. The number of benzene rings is 1. The van der Waals surface area contributed by atoms with Gasteiger partial charge in [-0.25, -0.2) is 9.50 Å². The molecule has 0 aliphatic heterocycles. The molecule has 1 atom stereocenters. The van der Waals surface area contributed by atoms with Gasteiger partial charge >= 0.3 is 0 Å². The van der Waals surface area contributed by atoms with E-state index >= 15 is 0 Å². The SMILES string of the molecule is CC(CO)Oc1cccc(-c2ccn3ncc(-c4cccs4)c3n2)c1. The topological polar surface area (TPSA) is 59.7 Å². The number of ether oxygens (including phenoxy) is 1. The van der Waals surface area contributed by atoms with Crippen LogP contribution in [0.3, 0.4) is 0 Å². The van der Waals surface area contributed by atoms with E-state index in [-0.39, 0.29) is 12.7 Å². The van der Waals surface area contributed by atoms with Crippen molar-refractivity contribution in [1.82, 2.24) is 14.6 Å². The highest BCUT2D eigenvalue weighted by molar-refractivity contribution is 7.13. The summed E-state index contributed by atoms with van der Waals surface area (Å²) >= 11 is 1.67. The predicted octanol–water partition coefficient (Wildman–Crippen LogP) is 3.88. The van der Waals surface area contributed by atoms with Crippen LogP contribution in [0.5, 0.6) is 5.75 Å². The van der Waals surface area contributed by atoms with Crippen molar-refractivity contribution < 1.29 is 9.84 Å². The molecule has 0 saturated carbocycles. The fourth-order valence-electron chi connectivity index (χ4n) is 2.63. The van der Waals surface area contributed by atoms with Crippen LogP contribution in [0.2, 0.25) is 0 Å². The van der Waals surface area contributed by atoms with Gasteiger partial charge in [0.25, 0.3) is 0 Å². The monoisotopic (exact) mass is 351 g/mol. The Morgan fingerprint density at radius 1 is 1.24 bits per heavy atom. The highest BCUT2D eigenvalue weighted by Gasteiger charge is 2.11. The molecular weight excluding hydrogens is 334 g/mol. The van der Waals surface area contributed by atoms with Gasteiger partial charge < -0.3 is 9.84 Å². The Labute approximate surface area is 149 Å². The molecule has 1 unspecified atom stereocenters. The molecule has 6 heteroatoms. The predicted molar refractivity (Wildman–Crippen MR) is 98.9 cm³/mol. The standard InChI is InChI=1S/C19H17N3O2S/c1-13(12-23)24-15-5-2-4-14(10-15)17-7-8-22-19(21-17)16(11-20-22)18-6-3-9-25-18/h2-11,13,23H,12H2,1H3. The van der Waals surface area contributed by atoms with Crippen molar-refractivity contribution in [1.29, 1.82) is 0 Å². The fraction of sp³-hybridized carbons (Fsp3) is 0.158. The van der Waals surface area contributed by atoms with Gasteiger partial charge in [-0.05, 0) is 36.6 Å². The van der Waals surface area contributed by atoms with Crippen molar-refractivity contribution in [2.45, 2.75) is 13.0 Å². The molecule has 5 nitrogen and oxygen atoms in total. The lowest BCUT2D eigenvalue weighted by Gasteiger charge is -2.12. The van der Waals surface area contributed by atoms with Crippen molar-refractivity contribution >= 4 is 17.0 Å². The van der Waals surface area contributed by atoms with Crippen LogP contribution in [0.15, 0.2) is 60.2 Å². The Hall–Kier alpha value is -2.70. The van der Waals surface area contributed by atoms with E-state index in [0.717, 1.165) is 27.3 Å². The minimum Gasteiger partial charge on any atom is -0.488 e. The average molecular weight is 351 g/mol. The lowest BCUT2D eigenvalue weighted by molar-refractivity contribution is 0.130. The van der Waals surface area contributed by atoms with Crippen LogP contribution < -0.4 is 4.74 Å². The molecule has 0 radical (unpaired) electrons. The Balaban J connectivity index is 1.75. The second-order valence-corrected chi connectivity index (χ2v) is 6.70. The minimum absolute atomic E-state index is 0.0194. The number of hydrogen-bond acceptors (Lipinski definition) is 5. The third kappa shape index (κ3) is 3.14. The second kappa shape index (κ2) is 6.66. The summed E-state index contributed by atoms with van der Waals surface area (Å²) in [7, 11) is 0. The fourth-order valence-corrected chi connectivity index (χ4v) is 3.37. The smallest absolute Gasteiger partial charge is 0.164 e. The number of aromatic nitrogens is 3. The largest absolute Gasteiger partial charge is 0.488 e. The lowest BCUT2D eigenvalue weighted by atomic mass is 10.1. The van der Waals surface area contributed by atoms with Gasteiger partial charge in [0.1, 0.15) is 11.9 Å². The summed E-state index contributed by atoms with van der Waals surface area (Å²) in [4.78, 5) is 5.95. The van der Waals surface area contributed by atoms with Gasteiger partial charge in [0, 0.05) is 16.6 Å². The molecule has 0 spiro atoms. The van der Waals surface area contributed by atoms with Crippen molar-refractivity contribution in [2.75, 3.05) is 6.61 Å². The zero-order valence-corrected chi connectivity index (χ0v) is 14.5. The average Bonchev–Trinajstić information content (AvgIpc) is 3.30. The van der Waals surface area contributed by atoms with E-state index < -0.39 is 0 Å². The Morgan fingerprint density at radius 3 is 2.96 bits per heavy atom. The summed E-state index contributed by atoms with van der Waals surface area (Å²) in [5.74, 6) is 0.715. The van der Waals surface area contributed by atoms with Gasteiger partial charge in [-0.15, -0.1) is 11.3 Å². The van der Waals surface area contributed by atoms with Crippen molar-refractivity contribution in [2.24, 2.45) is 0 Å². The number of thiophene rings is 1. The molecule has 0 aliphatic carbocycles. The molecule has 4 aromatic rings. The number of nitrogens with zero attached hydrogens (tertiary/aromatic N) is 3. The van der Waals surface area contributed by atoms with Crippen molar-refractivity contribution in [3.8, 4) is 27.4 Å². The lowest BCUT2D eigenvalue weighted by Crippen LogP contribution is -2.16. The first-order valence-electron chi connectivity index (χ1n) is 8.01. The Kier molecular flexibility index (Phi) is 4.21. The molecule has 1 N–H and O–H groups in total. The van der Waals surface area contributed by atoms with E-state index in [1.165, 1.54) is 0 Å². The summed E-state index contributed by atoms with van der Waals surface area (Å²) in [6.45, 7) is 1.81. The number of hydrogen-bond donors (Lipinski definition) is 1. The molecule has 3 heterocycles. The zero-order valence-electron chi connectivity index (χ0n) is 13.7. The van der Waals surface area contributed by atoms with Crippen LogP contribution in [-0.4, -0.2) is 32.4 Å². The molecule has 3 aromatic heterocycles. The summed E-state index contributed by atoms with van der Waals surface area (Å²) in [6, 6.07) is 13.8. The highest BCUT2D eigenvalue weighted by Crippen LogP contribution is 2.29. The Morgan fingerprint density at radius 2 is 2.16 bits per heavy atom. The molecule has 0 bridgehead atoms. The molecule has 1 aromatic carbocycles. The number of aliphatic hydroxyl groups excluding tert-OH is 1. The maximum Gasteiger partial charge on any atom is 0.164 e. The van der Waals surface area contributed by atoms with Crippen LogP contribution in [0.25, 0.3) is 27.3 Å². The van der Waals surface area contributed by atoms with E-state index in [0.29, 0.717) is 5.75 Å². The van der Waals surface area contributed by atoms with Gasteiger partial charge in [-0.2, -0.15) is 5.10 Å². The minimum atomic E-state index is -0.244. The van der Waals surface area contributed by atoms with Gasteiger partial charge in [-0.3, -0.25) is 0 Å². The van der Waals surface area contributed by atoms with Crippen LogP contribution in [0, 0.1) is 0 Å². The third-order valence-electron chi connectivity index (χ3n) is 3.88. The molecule has 126 valence electrons. The van der Waals surface area contributed by atoms with E-state index in [4.69, 9.17) is 14.8 Å². The van der Waals surface area contributed by atoms with E-state index in [9.17, 15) is 0 Å². The first-order chi connectivity index (χ1) is 12.2. The summed E-state index contributed by atoms with van der Waals surface area (Å²) < 4.78 is 7.47. The summed E-state index contributed by atoms with van der Waals surface area (Å²) in [5.41, 5.74) is 3.67. The molecule has 25 heavy (non-hydrogen) atoms. The number of fused-ring (bicyclic) bond motifs is 1. The molecule has 4 rings (SSSR count). The van der Waals surface area contributed by atoms with Crippen LogP contribution in [-0.2, 0) is 0 Å². The maximum absolute atomic E-state index is 9.15. The summed E-state index contributed by atoms with van der Waals surface area (Å²) in [6.07, 6.45) is 3.52. The zero-order chi connectivity index (χ0) is 17.2. The van der Waals surface area contributed by atoms with Gasteiger partial charge in [0.05, 0.1) is 24.1 Å². The second-order valence-electron chi connectivity index (χ2n) is 5.76. The van der Waals surface area contributed by atoms with Gasteiger partial charge in [0.2, 0.25) is 0 Å². The molecule has 0 saturated heterocycles. The van der Waals surface area contributed by atoms with Crippen LogP contribution in [0.4, 0.5) is 0 Å². The third-order valence-corrected chi connectivity index (χ3v) is 4.78. The first-order valence-corrected chi connectivity index (χ1v) is 8.89.